The normalized spacial score (nSPS) is 51.6. The molecule has 0 N–H and O–H groups in total. The molecule has 0 aromatic rings. The Morgan fingerprint density at radius 3 is 2.16 bits per heavy atom. The lowest BCUT2D eigenvalue weighted by Crippen LogP contribution is -2.59. The first-order valence-electron chi connectivity index (χ1n) is 8.00. The second-order valence-electron chi connectivity index (χ2n) is 7.36. The van der Waals surface area contributed by atoms with Crippen LogP contribution in [0.4, 0.5) is 0 Å². The van der Waals surface area contributed by atoms with Crippen LogP contribution in [0.5, 0.6) is 0 Å². The van der Waals surface area contributed by atoms with Gasteiger partial charge in [0.05, 0.1) is 6.42 Å². The van der Waals surface area contributed by atoms with Gasteiger partial charge in [0.1, 0.15) is 0 Å². The monoisotopic (exact) mass is 264 g/mol. The summed E-state index contributed by atoms with van der Waals surface area (Å²) in [6, 6.07) is 0. The lowest BCUT2D eigenvalue weighted by Gasteiger charge is -2.61. The van der Waals surface area contributed by atoms with Crippen LogP contribution in [0.25, 0.3) is 0 Å². The van der Waals surface area contributed by atoms with Crippen LogP contribution < -0.4 is 0 Å². The Hall–Kier alpha value is -0.570. The zero-order valence-electron chi connectivity index (χ0n) is 11.8. The third-order valence-corrected chi connectivity index (χ3v) is 6.16. The molecule has 1 unspecified atom stereocenters. The van der Waals surface area contributed by atoms with Crippen LogP contribution in [0.2, 0.25) is 0 Å². The second kappa shape index (κ2) is 3.97. The summed E-state index contributed by atoms with van der Waals surface area (Å²) in [5.41, 5.74) is 0.143. The van der Waals surface area contributed by atoms with Crippen molar-refractivity contribution in [2.45, 2.75) is 64.1 Å². The van der Waals surface area contributed by atoms with Crippen LogP contribution in [0, 0.1) is 23.2 Å². The van der Waals surface area contributed by atoms with E-state index in [2.05, 4.69) is 0 Å². The van der Waals surface area contributed by atoms with Crippen molar-refractivity contribution in [2.24, 2.45) is 23.2 Å². The lowest BCUT2D eigenvalue weighted by molar-refractivity contribution is -0.301. The molecule has 5 rings (SSSR count). The van der Waals surface area contributed by atoms with E-state index in [4.69, 9.17) is 9.47 Å². The quantitative estimate of drug-likeness (QED) is 0.734. The summed E-state index contributed by atoms with van der Waals surface area (Å²) in [5, 5.41) is 0. The Balaban J connectivity index is 1.70. The molecule has 0 amide bonds. The largest absolute Gasteiger partial charge is 0.432 e. The Bertz CT molecular complexity index is 368. The van der Waals surface area contributed by atoms with Gasteiger partial charge in [0.25, 0.3) is 0 Å². The van der Waals surface area contributed by atoms with E-state index in [1.807, 2.05) is 6.92 Å². The number of carbonyl (C=O) groups excluding carboxylic acids is 1. The summed E-state index contributed by atoms with van der Waals surface area (Å²) in [6.07, 6.45) is 9.25. The summed E-state index contributed by atoms with van der Waals surface area (Å²) < 4.78 is 11.9. The van der Waals surface area contributed by atoms with Gasteiger partial charge in [-0.3, -0.25) is 4.79 Å². The van der Waals surface area contributed by atoms with Gasteiger partial charge in [-0.15, -0.1) is 0 Å². The van der Waals surface area contributed by atoms with Gasteiger partial charge in [-0.1, -0.05) is 0 Å². The minimum atomic E-state index is -0.575. The van der Waals surface area contributed by atoms with E-state index in [-0.39, 0.29) is 11.4 Å². The van der Waals surface area contributed by atoms with Crippen molar-refractivity contribution >= 4 is 5.97 Å². The van der Waals surface area contributed by atoms with Gasteiger partial charge in [-0.25, -0.2) is 0 Å². The maximum atomic E-state index is 11.7. The lowest BCUT2D eigenvalue weighted by atomic mass is 9.47. The van der Waals surface area contributed by atoms with Gasteiger partial charge in [0.2, 0.25) is 5.79 Å². The molecule has 106 valence electrons. The molecule has 0 radical (unpaired) electrons. The minimum absolute atomic E-state index is 0.0517. The summed E-state index contributed by atoms with van der Waals surface area (Å²) in [5.74, 6) is 1.97. The van der Waals surface area contributed by atoms with Crippen molar-refractivity contribution in [1.82, 2.24) is 0 Å². The van der Waals surface area contributed by atoms with Gasteiger partial charge in [-0.2, -0.15) is 0 Å². The highest BCUT2D eigenvalue weighted by atomic mass is 16.7. The van der Waals surface area contributed by atoms with Gasteiger partial charge in [-0.05, 0) is 63.2 Å². The van der Waals surface area contributed by atoms with Crippen molar-refractivity contribution in [3.8, 4) is 0 Å². The summed E-state index contributed by atoms with van der Waals surface area (Å²) in [4.78, 5) is 11.7. The average molecular weight is 264 g/mol. The van der Waals surface area contributed by atoms with Crippen LogP contribution in [0.3, 0.4) is 0 Å². The third kappa shape index (κ3) is 1.63. The van der Waals surface area contributed by atoms with Gasteiger partial charge in [0.15, 0.2) is 0 Å². The van der Waals surface area contributed by atoms with E-state index in [0.717, 1.165) is 24.2 Å². The molecule has 1 aliphatic heterocycles. The van der Waals surface area contributed by atoms with Crippen LogP contribution in [-0.4, -0.2) is 18.4 Å². The summed E-state index contributed by atoms with van der Waals surface area (Å²) >= 11 is 0. The standard InChI is InChI=1S/C16H24O3/c1-2-18-16(4-3-14(17)19-16)15-8-11-5-12(9-15)7-13(6-11)10-15/h11-13H,2-10H2,1H3. The highest BCUT2D eigenvalue weighted by Crippen LogP contribution is 2.66. The fraction of sp³-hybridized carbons (Fsp3) is 0.938. The predicted molar refractivity (Wildman–Crippen MR) is 70.3 cm³/mol. The van der Waals surface area contributed by atoms with E-state index >= 15 is 0 Å². The molecule has 3 heteroatoms. The Kier molecular flexibility index (Phi) is 2.55. The first kappa shape index (κ1) is 12.2. The first-order valence-corrected chi connectivity index (χ1v) is 8.00. The van der Waals surface area contributed by atoms with E-state index in [1.54, 1.807) is 0 Å². The van der Waals surface area contributed by atoms with Gasteiger partial charge in [0, 0.05) is 18.4 Å². The third-order valence-electron chi connectivity index (χ3n) is 6.16. The molecule has 1 heterocycles. The number of esters is 1. The molecule has 4 saturated carbocycles. The number of hydrogen-bond donors (Lipinski definition) is 0. The van der Waals surface area contributed by atoms with Crippen molar-refractivity contribution in [2.75, 3.05) is 6.61 Å². The number of carbonyl (C=O) groups is 1. The van der Waals surface area contributed by atoms with E-state index in [0.29, 0.717) is 13.0 Å². The van der Waals surface area contributed by atoms with Crippen LogP contribution in [-0.2, 0) is 14.3 Å². The first-order chi connectivity index (χ1) is 9.15. The van der Waals surface area contributed by atoms with E-state index in [1.165, 1.54) is 38.5 Å². The number of cyclic esters (lactones) is 1. The molecule has 4 bridgehead atoms. The SMILES string of the molecule is CCOC1(C23CC4CC(CC(C4)C2)C3)CCC(=O)O1. The maximum absolute atomic E-state index is 11.7. The fourth-order valence-electron chi connectivity index (χ4n) is 5.99. The zero-order chi connectivity index (χ0) is 13.1. The van der Waals surface area contributed by atoms with Crippen LogP contribution in [0.15, 0.2) is 0 Å². The van der Waals surface area contributed by atoms with Crippen molar-refractivity contribution in [3.63, 3.8) is 0 Å². The molecular formula is C16H24O3. The minimum Gasteiger partial charge on any atom is -0.432 e. The van der Waals surface area contributed by atoms with Crippen LogP contribution >= 0.6 is 0 Å². The molecule has 0 spiro atoms. The summed E-state index contributed by atoms with van der Waals surface area (Å²) in [6.45, 7) is 2.67. The molecule has 5 aliphatic rings. The van der Waals surface area contributed by atoms with Gasteiger partial charge >= 0.3 is 5.97 Å². The smallest absolute Gasteiger partial charge is 0.308 e. The Labute approximate surface area is 115 Å². The molecule has 3 nitrogen and oxygen atoms in total. The highest BCUT2D eigenvalue weighted by molar-refractivity contribution is 5.72. The molecule has 5 fully saturated rings. The van der Waals surface area contributed by atoms with Crippen molar-refractivity contribution in [1.29, 1.82) is 0 Å². The summed E-state index contributed by atoms with van der Waals surface area (Å²) in [7, 11) is 0. The van der Waals surface area contributed by atoms with Crippen LogP contribution in [0.1, 0.15) is 58.3 Å². The molecule has 4 aliphatic carbocycles. The number of ether oxygens (including phenoxy) is 2. The topological polar surface area (TPSA) is 35.5 Å². The molecule has 1 saturated heterocycles. The predicted octanol–water partition coefficient (Wildman–Crippen LogP) is 3.27. The zero-order valence-corrected chi connectivity index (χ0v) is 11.8. The Morgan fingerprint density at radius 2 is 1.74 bits per heavy atom. The Morgan fingerprint density at radius 1 is 1.16 bits per heavy atom. The molecule has 0 aromatic carbocycles. The van der Waals surface area contributed by atoms with E-state index < -0.39 is 5.79 Å². The van der Waals surface area contributed by atoms with Gasteiger partial charge < -0.3 is 9.47 Å². The molecule has 1 atom stereocenters. The average Bonchev–Trinajstić information content (AvgIpc) is 2.71. The van der Waals surface area contributed by atoms with Crippen molar-refractivity contribution < 1.29 is 14.3 Å². The fourth-order valence-corrected chi connectivity index (χ4v) is 5.99. The van der Waals surface area contributed by atoms with E-state index in [9.17, 15) is 4.79 Å². The number of rotatable bonds is 3. The molecule has 19 heavy (non-hydrogen) atoms. The molecular weight excluding hydrogens is 240 g/mol. The second-order valence-corrected chi connectivity index (χ2v) is 7.36. The van der Waals surface area contributed by atoms with Crippen molar-refractivity contribution in [3.05, 3.63) is 0 Å². The highest BCUT2D eigenvalue weighted by Gasteiger charge is 2.64. The molecule has 0 aromatic heterocycles. The maximum Gasteiger partial charge on any atom is 0.308 e. The number of hydrogen-bond acceptors (Lipinski definition) is 3.